The number of unbranched alkanes of at least 4 members (excludes halogenated alkanes) is 2. The van der Waals surface area contributed by atoms with Crippen LogP contribution in [0.1, 0.15) is 32.1 Å². The van der Waals surface area contributed by atoms with Crippen molar-refractivity contribution in [3.8, 4) is 0 Å². The van der Waals surface area contributed by atoms with Crippen molar-refractivity contribution in [1.82, 2.24) is 4.90 Å². The molecule has 1 heterocycles. The second-order valence-corrected chi connectivity index (χ2v) is 4.20. The highest BCUT2D eigenvalue weighted by atomic mass is 16.5. The van der Waals surface area contributed by atoms with E-state index in [0.29, 0.717) is 6.04 Å². The molecule has 1 saturated heterocycles. The topological polar surface area (TPSA) is 38.5 Å². The van der Waals surface area contributed by atoms with E-state index in [1.54, 1.807) is 0 Å². The van der Waals surface area contributed by atoms with Crippen LogP contribution >= 0.6 is 0 Å². The Bertz CT molecular complexity index is 135. The van der Waals surface area contributed by atoms with Crippen LogP contribution in [0.2, 0.25) is 0 Å². The van der Waals surface area contributed by atoms with Gasteiger partial charge in [0.25, 0.3) is 0 Å². The molecule has 0 saturated carbocycles. The molecule has 0 radical (unpaired) electrons. The van der Waals surface area contributed by atoms with Crippen LogP contribution in [0.5, 0.6) is 0 Å². The number of hydrogen-bond donors (Lipinski definition) is 1. The lowest BCUT2D eigenvalue weighted by Crippen LogP contribution is -2.38. The van der Waals surface area contributed by atoms with Crippen molar-refractivity contribution >= 4 is 0 Å². The van der Waals surface area contributed by atoms with Crippen molar-refractivity contribution in [1.29, 1.82) is 0 Å². The van der Waals surface area contributed by atoms with E-state index in [4.69, 9.17) is 10.5 Å². The van der Waals surface area contributed by atoms with Crippen LogP contribution in [0.15, 0.2) is 0 Å². The summed E-state index contributed by atoms with van der Waals surface area (Å²) in [5.41, 5.74) is 5.45. The van der Waals surface area contributed by atoms with Crippen molar-refractivity contribution in [3.05, 3.63) is 0 Å². The summed E-state index contributed by atoms with van der Waals surface area (Å²) < 4.78 is 5.47. The summed E-state index contributed by atoms with van der Waals surface area (Å²) >= 11 is 0. The van der Waals surface area contributed by atoms with E-state index >= 15 is 0 Å². The smallest absolute Gasteiger partial charge is 0.0621 e. The molecule has 0 bridgehead atoms. The molecule has 1 aliphatic heterocycles. The zero-order valence-corrected chi connectivity index (χ0v) is 9.37. The molecule has 1 atom stereocenters. The molecule has 14 heavy (non-hydrogen) atoms. The minimum Gasteiger partial charge on any atom is -0.380 e. The van der Waals surface area contributed by atoms with Gasteiger partial charge in [-0.15, -0.1) is 0 Å². The van der Waals surface area contributed by atoms with Gasteiger partial charge in [0, 0.05) is 12.6 Å². The number of likely N-dealkylation sites (N-methyl/N-ethyl adjacent to an activating group) is 1. The van der Waals surface area contributed by atoms with Gasteiger partial charge in [0.1, 0.15) is 0 Å². The molecule has 3 nitrogen and oxygen atoms in total. The third-order valence-electron chi connectivity index (χ3n) is 2.97. The molecular weight excluding hydrogens is 176 g/mol. The Morgan fingerprint density at radius 3 is 2.86 bits per heavy atom. The minimum atomic E-state index is 0.654. The van der Waals surface area contributed by atoms with Crippen LogP contribution in [0.4, 0.5) is 0 Å². The van der Waals surface area contributed by atoms with Crippen LogP contribution < -0.4 is 5.73 Å². The summed E-state index contributed by atoms with van der Waals surface area (Å²) in [6.07, 6.45) is 6.21. The van der Waals surface area contributed by atoms with Gasteiger partial charge < -0.3 is 15.4 Å². The molecule has 0 amide bonds. The minimum absolute atomic E-state index is 0.654. The van der Waals surface area contributed by atoms with Gasteiger partial charge in [-0.1, -0.05) is 6.42 Å². The van der Waals surface area contributed by atoms with Crippen LogP contribution in [0, 0.1) is 0 Å². The maximum absolute atomic E-state index is 5.47. The van der Waals surface area contributed by atoms with Gasteiger partial charge in [-0.05, 0) is 45.8 Å². The van der Waals surface area contributed by atoms with E-state index in [9.17, 15) is 0 Å². The molecule has 0 spiro atoms. The third kappa shape index (κ3) is 4.40. The van der Waals surface area contributed by atoms with Gasteiger partial charge in [0.05, 0.1) is 6.61 Å². The molecule has 0 aromatic carbocycles. The largest absolute Gasteiger partial charge is 0.380 e. The van der Waals surface area contributed by atoms with Crippen molar-refractivity contribution in [2.24, 2.45) is 5.73 Å². The molecule has 1 fully saturated rings. The van der Waals surface area contributed by atoms with Gasteiger partial charge in [-0.2, -0.15) is 0 Å². The van der Waals surface area contributed by atoms with Crippen LogP contribution in [-0.4, -0.2) is 44.3 Å². The summed E-state index contributed by atoms with van der Waals surface area (Å²) in [5.74, 6) is 0. The molecule has 1 unspecified atom stereocenters. The second-order valence-electron chi connectivity index (χ2n) is 4.20. The first-order chi connectivity index (χ1) is 6.84. The number of rotatable bonds is 6. The van der Waals surface area contributed by atoms with Gasteiger partial charge >= 0.3 is 0 Å². The van der Waals surface area contributed by atoms with Gasteiger partial charge in [-0.3, -0.25) is 0 Å². The van der Waals surface area contributed by atoms with Gasteiger partial charge in [0.2, 0.25) is 0 Å². The van der Waals surface area contributed by atoms with Gasteiger partial charge in [-0.25, -0.2) is 0 Å². The first kappa shape index (κ1) is 12.0. The van der Waals surface area contributed by atoms with Gasteiger partial charge in [0.15, 0.2) is 0 Å². The van der Waals surface area contributed by atoms with E-state index in [1.165, 1.54) is 32.2 Å². The lowest BCUT2D eigenvalue weighted by Gasteiger charge is -2.31. The van der Waals surface area contributed by atoms with Crippen molar-refractivity contribution < 1.29 is 4.74 Å². The summed E-state index contributed by atoms with van der Waals surface area (Å²) in [4.78, 5) is 2.44. The van der Waals surface area contributed by atoms with Crippen LogP contribution in [-0.2, 0) is 4.74 Å². The quantitative estimate of drug-likeness (QED) is 0.655. The average Bonchev–Trinajstić information content (AvgIpc) is 2.25. The number of nitrogens with zero attached hydrogens (tertiary/aromatic N) is 1. The standard InChI is InChI=1S/C11H24N2O/c1-13(8-4-2-3-7-12)11-6-5-9-14-10-11/h11H,2-10,12H2,1H3. The summed E-state index contributed by atoms with van der Waals surface area (Å²) in [6.45, 7) is 3.90. The maximum atomic E-state index is 5.47. The fourth-order valence-corrected chi connectivity index (χ4v) is 1.94. The lowest BCUT2D eigenvalue weighted by molar-refractivity contribution is 0.0272. The zero-order valence-electron chi connectivity index (χ0n) is 9.37. The lowest BCUT2D eigenvalue weighted by atomic mass is 10.1. The van der Waals surface area contributed by atoms with Crippen molar-refractivity contribution in [2.45, 2.75) is 38.1 Å². The fraction of sp³-hybridized carbons (Fsp3) is 1.00. The Morgan fingerprint density at radius 2 is 2.21 bits per heavy atom. The molecule has 0 aliphatic carbocycles. The Morgan fingerprint density at radius 1 is 1.36 bits per heavy atom. The maximum Gasteiger partial charge on any atom is 0.0621 e. The molecular formula is C11H24N2O. The molecule has 2 N–H and O–H groups in total. The van der Waals surface area contributed by atoms with E-state index in [0.717, 1.165) is 26.2 Å². The summed E-state index contributed by atoms with van der Waals surface area (Å²) in [7, 11) is 2.21. The first-order valence-electron chi connectivity index (χ1n) is 5.82. The highest BCUT2D eigenvalue weighted by Gasteiger charge is 2.17. The summed E-state index contributed by atoms with van der Waals surface area (Å²) in [6, 6.07) is 0.654. The first-order valence-corrected chi connectivity index (χ1v) is 5.82. The molecule has 84 valence electrons. The van der Waals surface area contributed by atoms with Crippen LogP contribution in [0.25, 0.3) is 0 Å². The average molecular weight is 200 g/mol. The Kier molecular flexibility index (Phi) is 6.15. The highest BCUT2D eigenvalue weighted by Crippen LogP contribution is 2.12. The Balaban J connectivity index is 2.04. The predicted molar refractivity (Wildman–Crippen MR) is 59.4 cm³/mol. The summed E-state index contributed by atoms with van der Waals surface area (Å²) in [5, 5.41) is 0. The molecule has 1 rings (SSSR count). The van der Waals surface area contributed by atoms with E-state index < -0.39 is 0 Å². The number of ether oxygens (including phenoxy) is 1. The number of nitrogens with two attached hydrogens (primary N) is 1. The SMILES string of the molecule is CN(CCCCCN)C1CCCOC1. The Hall–Kier alpha value is -0.120. The van der Waals surface area contributed by atoms with E-state index in [1.807, 2.05) is 0 Å². The molecule has 1 aliphatic rings. The number of hydrogen-bond acceptors (Lipinski definition) is 3. The monoisotopic (exact) mass is 200 g/mol. The predicted octanol–water partition coefficient (Wildman–Crippen LogP) is 1.23. The van der Waals surface area contributed by atoms with Crippen molar-refractivity contribution in [3.63, 3.8) is 0 Å². The fourth-order valence-electron chi connectivity index (χ4n) is 1.94. The van der Waals surface area contributed by atoms with Crippen LogP contribution in [0.3, 0.4) is 0 Å². The normalized spacial score (nSPS) is 22.9. The van der Waals surface area contributed by atoms with E-state index in [2.05, 4.69) is 11.9 Å². The third-order valence-corrected chi connectivity index (χ3v) is 2.97. The molecule has 3 heteroatoms. The molecule has 0 aromatic heterocycles. The molecule has 0 aromatic rings. The Labute approximate surface area is 87.6 Å². The van der Waals surface area contributed by atoms with Crippen molar-refractivity contribution in [2.75, 3.05) is 33.4 Å². The second kappa shape index (κ2) is 7.21. The zero-order chi connectivity index (χ0) is 10.2. The van der Waals surface area contributed by atoms with E-state index in [-0.39, 0.29) is 0 Å². The highest BCUT2D eigenvalue weighted by molar-refractivity contribution is 4.71.